The minimum atomic E-state index is -0.260. The largest absolute Gasteiger partial charge is 0.295 e. The molecule has 0 aromatic carbocycles. The Labute approximate surface area is 142 Å². The molecule has 0 atom stereocenters. The third kappa shape index (κ3) is 3.35. The number of amides is 1. The number of rotatable bonds is 4. The molecule has 23 heavy (non-hydrogen) atoms. The lowest BCUT2D eigenvalue weighted by Gasteiger charge is -2.03. The van der Waals surface area contributed by atoms with E-state index in [2.05, 4.69) is 34.3 Å². The summed E-state index contributed by atoms with van der Waals surface area (Å²) in [6, 6.07) is 3.44. The predicted octanol–water partition coefficient (Wildman–Crippen LogP) is 3.60. The number of carbonyl (C=O) groups excluding carboxylic acids is 1. The highest BCUT2D eigenvalue weighted by molar-refractivity contribution is 7.15. The zero-order chi connectivity index (χ0) is 16.6. The molecule has 120 valence electrons. The predicted molar refractivity (Wildman–Crippen MR) is 91.3 cm³/mol. The van der Waals surface area contributed by atoms with Gasteiger partial charge in [0.05, 0.1) is 5.69 Å². The summed E-state index contributed by atoms with van der Waals surface area (Å²) in [7, 11) is 0. The second-order valence-corrected chi connectivity index (χ2v) is 7.17. The van der Waals surface area contributed by atoms with Crippen molar-refractivity contribution in [1.29, 1.82) is 0 Å². The fraction of sp³-hybridized carbons (Fsp3) is 0.333. The van der Waals surface area contributed by atoms with Gasteiger partial charge in [0.25, 0.3) is 5.91 Å². The molecule has 0 unspecified atom stereocenters. The first kappa shape index (κ1) is 15.9. The van der Waals surface area contributed by atoms with Gasteiger partial charge in [-0.25, -0.2) is 4.98 Å². The van der Waals surface area contributed by atoms with E-state index < -0.39 is 0 Å². The second-order valence-electron chi connectivity index (χ2n) is 5.67. The van der Waals surface area contributed by atoms with E-state index >= 15 is 0 Å². The summed E-state index contributed by atoms with van der Waals surface area (Å²) in [5.74, 6) is 0.238. The summed E-state index contributed by atoms with van der Waals surface area (Å²) in [6.45, 7) is 6.03. The minimum Gasteiger partial charge on any atom is -0.295 e. The van der Waals surface area contributed by atoms with Crippen molar-refractivity contribution in [3.05, 3.63) is 39.7 Å². The molecule has 0 bridgehead atoms. The molecule has 0 spiro atoms. The first-order chi connectivity index (χ1) is 10.9. The van der Waals surface area contributed by atoms with Gasteiger partial charge in [0.15, 0.2) is 0 Å². The van der Waals surface area contributed by atoms with Crippen LogP contribution in [-0.2, 0) is 6.42 Å². The number of fused-ring (bicyclic) bond motifs is 1. The SMILES string of the molecule is Cc1nc2cc(Cl)ccn2c1C(=O)Nc1nnc(CC(C)C)s1. The monoisotopic (exact) mass is 349 g/mol. The molecular formula is C15H16ClN5OS. The van der Waals surface area contributed by atoms with Gasteiger partial charge in [-0.3, -0.25) is 14.5 Å². The lowest BCUT2D eigenvalue weighted by Crippen LogP contribution is -2.15. The summed E-state index contributed by atoms with van der Waals surface area (Å²) in [4.78, 5) is 16.9. The van der Waals surface area contributed by atoms with Crippen LogP contribution in [0.3, 0.4) is 0 Å². The number of aryl methyl sites for hydroxylation is 1. The van der Waals surface area contributed by atoms with Crippen LogP contribution in [0.25, 0.3) is 5.65 Å². The minimum absolute atomic E-state index is 0.260. The topological polar surface area (TPSA) is 72.2 Å². The van der Waals surface area contributed by atoms with Crippen molar-refractivity contribution in [2.75, 3.05) is 5.32 Å². The Morgan fingerprint density at radius 1 is 1.43 bits per heavy atom. The molecule has 8 heteroatoms. The van der Waals surface area contributed by atoms with Gasteiger partial charge in [-0.2, -0.15) is 0 Å². The van der Waals surface area contributed by atoms with Crippen LogP contribution in [0, 0.1) is 12.8 Å². The Bertz CT molecular complexity index is 870. The van der Waals surface area contributed by atoms with Crippen molar-refractivity contribution in [2.45, 2.75) is 27.2 Å². The van der Waals surface area contributed by atoms with Crippen LogP contribution in [0.2, 0.25) is 5.02 Å². The number of anilines is 1. The number of imidazole rings is 1. The van der Waals surface area contributed by atoms with Gasteiger partial charge in [0.2, 0.25) is 5.13 Å². The normalized spacial score (nSPS) is 11.3. The van der Waals surface area contributed by atoms with E-state index in [1.807, 2.05) is 0 Å². The van der Waals surface area contributed by atoms with Gasteiger partial charge in [0, 0.05) is 23.7 Å². The van der Waals surface area contributed by atoms with Crippen molar-refractivity contribution in [3.8, 4) is 0 Å². The summed E-state index contributed by atoms with van der Waals surface area (Å²) >= 11 is 7.36. The van der Waals surface area contributed by atoms with Crippen LogP contribution in [0.4, 0.5) is 5.13 Å². The first-order valence-corrected chi connectivity index (χ1v) is 8.41. The maximum Gasteiger partial charge on any atom is 0.276 e. The van der Waals surface area contributed by atoms with Crippen LogP contribution >= 0.6 is 22.9 Å². The van der Waals surface area contributed by atoms with Crippen LogP contribution in [-0.4, -0.2) is 25.5 Å². The maximum atomic E-state index is 12.6. The number of nitrogens with one attached hydrogen (secondary N) is 1. The molecule has 3 heterocycles. The number of halogens is 1. The molecule has 1 N–H and O–H groups in total. The molecule has 0 fully saturated rings. The highest BCUT2D eigenvalue weighted by Crippen LogP contribution is 2.21. The average Bonchev–Trinajstić information content (AvgIpc) is 3.00. The van der Waals surface area contributed by atoms with Crippen LogP contribution in [0.5, 0.6) is 0 Å². The fourth-order valence-electron chi connectivity index (χ4n) is 2.30. The van der Waals surface area contributed by atoms with Crippen molar-refractivity contribution in [3.63, 3.8) is 0 Å². The lowest BCUT2D eigenvalue weighted by atomic mass is 10.1. The molecule has 3 rings (SSSR count). The van der Waals surface area contributed by atoms with Gasteiger partial charge >= 0.3 is 0 Å². The summed E-state index contributed by atoms with van der Waals surface area (Å²) in [6.07, 6.45) is 2.58. The van der Waals surface area contributed by atoms with Crippen molar-refractivity contribution in [1.82, 2.24) is 19.6 Å². The van der Waals surface area contributed by atoms with E-state index in [9.17, 15) is 4.79 Å². The van der Waals surface area contributed by atoms with Gasteiger partial charge in [-0.15, -0.1) is 10.2 Å². The Balaban J connectivity index is 1.86. The number of hydrogen-bond acceptors (Lipinski definition) is 5. The lowest BCUT2D eigenvalue weighted by molar-refractivity contribution is 0.102. The summed E-state index contributed by atoms with van der Waals surface area (Å²) < 4.78 is 1.71. The molecule has 0 saturated heterocycles. The van der Waals surface area contributed by atoms with Crippen LogP contribution < -0.4 is 5.32 Å². The van der Waals surface area contributed by atoms with E-state index in [-0.39, 0.29) is 5.91 Å². The van der Waals surface area contributed by atoms with Gasteiger partial charge in [0.1, 0.15) is 16.3 Å². The van der Waals surface area contributed by atoms with Gasteiger partial charge < -0.3 is 0 Å². The summed E-state index contributed by atoms with van der Waals surface area (Å²) in [5.41, 5.74) is 1.74. The Kier molecular flexibility index (Phi) is 4.32. The van der Waals surface area contributed by atoms with E-state index in [0.717, 1.165) is 11.4 Å². The fourth-order valence-corrected chi connectivity index (χ4v) is 3.40. The first-order valence-electron chi connectivity index (χ1n) is 7.22. The highest BCUT2D eigenvalue weighted by atomic mass is 35.5. The third-order valence-corrected chi connectivity index (χ3v) is 4.34. The Morgan fingerprint density at radius 2 is 2.22 bits per heavy atom. The molecule has 0 aliphatic carbocycles. The molecule has 1 amide bonds. The van der Waals surface area contributed by atoms with Gasteiger partial charge in [-0.05, 0) is 18.9 Å². The van der Waals surface area contributed by atoms with E-state index in [4.69, 9.17) is 11.6 Å². The molecule has 0 saturated carbocycles. The number of pyridine rings is 1. The van der Waals surface area contributed by atoms with Crippen molar-refractivity contribution in [2.24, 2.45) is 5.92 Å². The van der Waals surface area contributed by atoms with Crippen LogP contribution in [0.15, 0.2) is 18.3 Å². The van der Waals surface area contributed by atoms with Crippen molar-refractivity contribution < 1.29 is 4.79 Å². The molecule has 3 aromatic rings. The second kappa shape index (κ2) is 6.25. The summed E-state index contributed by atoms with van der Waals surface area (Å²) in [5, 5.41) is 12.9. The van der Waals surface area contributed by atoms with E-state index in [1.165, 1.54) is 11.3 Å². The highest BCUT2D eigenvalue weighted by Gasteiger charge is 2.18. The van der Waals surface area contributed by atoms with E-state index in [1.54, 1.807) is 29.7 Å². The standard InChI is InChI=1S/C15H16ClN5OS/c1-8(2)6-12-19-20-15(23-12)18-14(22)13-9(3)17-11-7-10(16)4-5-21(11)13/h4-5,7-8H,6H2,1-3H3,(H,18,20,22). The zero-order valence-corrected chi connectivity index (χ0v) is 14.6. The zero-order valence-electron chi connectivity index (χ0n) is 13.0. The van der Waals surface area contributed by atoms with Crippen LogP contribution in [0.1, 0.15) is 35.0 Å². The number of carbonyl (C=O) groups is 1. The molecule has 3 aromatic heterocycles. The molecule has 6 nitrogen and oxygen atoms in total. The number of hydrogen-bond donors (Lipinski definition) is 1. The Morgan fingerprint density at radius 3 is 2.96 bits per heavy atom. The smallest absolute Gasteiger partial charge is 0.276 e. The molecule has 0 radical (unpaired) electrons. The third-order valence-electron chi connectivity index (χ3n) is 3.25. The maximum absolute atomic E-state index is 12.6. The van der Waals surface area contributed by atoms with Crippen molar-refractivity contribution >= 4 is 39.6 Å². The molecule has 0 aliphatic heterocycles. The quantitative estimate of drug-likeness (QED) is 0.781. The molecular weight excluding hydrogens is 334 g/mol. The van der Waals surface area contributed by atoms with Gasteiger partial charge in [-0.1, -0.05) is 36.8 Å². The Hall–Kier alpha value is -1.99. The average molecular weight is 350 g/mol. The van der Waals surface area contributed by atoms with E-state index in [0.29, 0.717) is 33.1 Å². The number of nitrogens with zero attached hydrogens (tertiary/aromatic N) is 4. The molecule has 0 aliphatic rings. The number of aromatic nitrogens is 4.